The SMILES string of the molecule is CCCC(n1cnc2ncccc21)n1cnc2ncccc21. The Hall–Kier alpha value is -2.76. The first-order valence-electron chi connectivity index (χ1n) is 7.43. The molecule has 4 aromatic rings. The van der Waals surface area contributed by atoms with E-state index in [2.05, 4.69) is 48.1 Å². The third-order valence-corrected chi connectivity index (χ3v) is 3.89. The molecule has 0 atom stereocenters. The molecule has 0 aliphatic rings. The van der Waals surface area contributed by atoms with E-state index in [-0.39, 0.29) is 6.17 Å². The van der Waals surface area contributed by atoms with Crippen LogP contribution in [0.3, 0.4) is 0 Å². The van der Waals surface area contributed by atoms with Crippen LogP contribution in [0.15, 0.2) is 49.3 Å². The van der Waals surface area contributed by atoms with Crippen molar-refractivity contribution in [1.29, 1.82) is 0 Å². The fraction of sp³-hybridized carbons (Fsp3) is 0.250. The lowest BCUT2D eigenvalue weighted by Gasteiger charge is -2.21. The molecule has 0 spiro atoms. The zero-order chi connectivity index (χ0) is 14.9. The van der Waals surface area contributed by atoms with Crippen molar-refractivity contribution < 1.29 is 0 Å². The molecule has 22 heavy (non-hydrogen) atoms. The van der Waals surface area contributed by atoms with Crippen LogP contribution < -0.4 is 0 Å². The van der Waals surface area contributed by atoms with Crippen LogP contribution >= 0.6 is 0 Å². The van der Waals surface area contributed by atoms with Crippen LogP contribution in [-0.4, -0.2) is 29.1 Å². The number of nitrogens with zero attached hydrogens (tertiary/aromatic N) is 6. The molecule has 0 aromatic carbocycles. The number of fused-ring (bicyclic) bond motifs is 2. The average Bonchev–Trinajstić information content (AvgIpc) is 3.17. The van der Waals surface area contributed by atoms with Gasteiger partial charge in [-0.3, -0.25) is 0 Å². The Bertz CT molecular complexity index is 848. The van der Waals surface area contributed by atoms with Crippen LogP contribution in [0.1, 0.15) is 25.9 Å². The molecule has 0 fully saturated rings. The minimum Gasteiger partial charge on any atom is -0.307 e. The van der Waals surface area contributed by atoms with Gasteiger partial charge >= 0.3 is 0 Å². The molecular weight excluding hydrogens is 276 g/mol. The lowest BCUT2D eigenvalue weighted by atomic mass is 10.2. The number of hydrogen-bond acceptors (Lipinski definition) is 4. The maximum atomic E-state index is 4.41. The number of hydrogen-bond donors (Lipinski definition) is 0. The molecule has 6 heteroatoms. The van der Waals surface area contributed by atoms with E-state index in [0.29, 0.717) is 0 Å². The standard InChI is InChI=1S/C16H16N6/c1-2-5-14(21-10-19-15-12(21)6-3-8-17-15)22-11-20-16-13(22)7-4-9-18-16/h3-4,6-11,14H,2,5H2,1H3. The van der Waals surface area contributed by atoms with Crippen molar-refractivity contribution in [2.24, 2.45) is 0 Å². The van der Waals surface area contributed by atoms with Crippen LogP contribution in [0.5, 0.6) is 0 Å². The number of aromatic nitrogens is 6. The van der Waals surface area contributed by atoms with Crippen LogP contribution in [0.2, 0.25) is 0 Å². The summed E-state index contributed by atoms with van der Waals surface area (Å²) < 4.78 is 4.33. The molecule has 0 saturated heterocycles. The van der Waals surface area contributed by atoms with Crippen molar-refractivity contribution in [2.75, 3.05) is 0 Å². The highest BCUT2D eigenvalue weighted by atomic mass is 15.3. The minimum absolute atomic E-state index is 0.119. The predicted molar refractivity (Wildman–Crippen MR) is 84.4 cm³/mol. The van der Waals surface area contributed by atoms with Gasteiger partial charge in [0.15, 0.2) is 11.3 Å². The lowest BCUT2D eigenvalue weighted by molar-refractivity contribution is 0.415. The molecule has 0 amide bonds. The van der Waals surface area contributed by atoms with Gasteiger partial charge in [0.25, 0.3) is 0 Å². The first-order chi connectivity index (χ1) is 10.9. The Kier molecular flexibility index (Phi) is 3.07. The first kappa shape index (κ1) is 12.9. The van der Waals surface area contributed by atoms with E-state index in [1.807, 2.05) is 24.8 Å². The molecule has 0 unspecified atom stereocenters. The summed E-state index contributed by atoms with van der Waals surface area (Å²) in [6.45, 7) is 2.18. The Labute approximate surface area is 127 Å². The van der Waals surface area contributed by atoms with Crippen molar-refractivity contribution in [3.05, 3.63) is 49.3 Å². The van der Waals surface area contributed by atoms with E-state index in [1.165, 1.54) is 0 Å². The summed E-state index contributed by atoms with van der Waals surface area (Å²) in [6, 6.07) is 7.99. The Morgan fingerprint density at radius 3 is 1.91 bits per heavy atom. The molecule has 110 valence electrons. The summed E-state index contributed by atoms with van der Waals surface area (Å²) in [4.78, 5) is 17.5. The number of rotatable bonds is 4. The van der Waals surface area contributed by atoms with Crippen molar-refractivity contribution >= 4 is 22.3 Å². The van der Waals surface area contributed by atoms with Crippen molar-refractivity contribution in [2.45, 2.75) is 25.9 Å². The van der Waals surface area contributed by atoms with Crippen molar-refractivity contribution in [1.82, 2.24) is 29.1 Å². The highest BCUT2D eigenvalue weighted by Crippen LogP contribution is 2.25. The van der Waals surface area contributed by atoms with Gasteiger partial charge in [0.2, 0.25) is 0 Å². The monoisotopic (exact) mass is 292 g/mol. The van der Waals surface area contributed by atoms with Crippen molar-refractivity contribution in [3.63, 3.8) is 0 Å². The maximum absolute atomic E-state index is 4.41. The predicted octanol–water partition coefficient (Wildman–Crippen LogP) is 3.02. The van der Waals surface area contributed by atoms with E-state index in [4.69, 9.17) is 0 Å². The summed E-state index contributed by atoms with van der Waals surface area (Å²) in [7, 11) is 0. The fourth-order valence-corrected chi connectivity index (χ4v) is 2.88. The molecule has 4 aromatic heterocycles. The van der Waals surface area contributed by atoms with Gasteiger partial charge in [-0.05, 0) is 30.7 Å². The third-order valence-electron chi connectivity index (χ3n) is 3.89. The average molecular weight is 292 g/mol. The molecule has 0 saturated carbocycles. The van der Waals surface area contributed by atoms with Crippen LogP contribution in [0.4, 0.5) is 0 Å². The van der Waals surface area contributed by atoms with Gasteiger partial charge in [-0.1, -0.05) is 13.3 Å². The molecule has 0 aliphatic heterocycles. The second kappa shape index (κ2) is 5.22. The zero-order valence-corrected chi connectivity index (χ0v) is 12.3. The molecular formula is C16H16N6. The molecule has 0 N–H and O–H groups in total. The number of imidazole rings is 2. The van der Waals surface area contributed by atoms with Gasteiger partial charge in [-0.2, -0.15) is 0 Å². The van der Waals surface area contributed by atoms with E-state index < -0.39 is 0 Å². The molecule has 4 heterocycles. The van der Waals surface area contributed by atoms with Gasteiger partial charge in [-0.15, -0.1) is 0 Å². The summed E-state index contributed by atoms with van der Waals surface area (Å²) in [6.07, 6.45) is 9.43. The first-order valence-corrected chi connectivity index (χ1v) is 7.43. The summed E-state index contributed by atoms with van der Waals surface area (Å²) >= 11 is 0. The normalized spacial score (nSPS) is 11.7. The second-order valence-electron chi connectivity index (χ2n) is 5.27. The molecule has 6 nitrogen and oxygen atoms in total. The van der Waals surface area contributed by atoms with Crippen LogP contribution in [0, 0.1) is 0 Å². The van der Waals surface area contributed by atoms with E-state index in [1.54, 1.807) is 12.4 Å². The van der Waals surface area contributed by atoms with Gasteiger partial charge in [0, 0.05) is 12.4 Å². The van der Waals surface area contributed by atoms with E-state index in [0.717, 1.165) is 35.2 Å². The summed E-state index contributed by atoms with van der Waals surface area (Å²) in [5, 5.41) is 0. The second-order valence-corrected chi connectivity index (χ2v) is 5.27. The Morgan fingerprint density at radius 1 is 0.864 bits per heavy atom. The van der Waals surface area contributed by atoms with Crippen LogP contribution in [0.25, 0.3) is 22.3 Å². The quantitative estimate of drug-likeness (QED) is 0.580. The van der Waals surface area contributed by atoms with Gasteiger partial charge in [-0.25, -0.2) is 19.9 Å². The highest BCUT2D eigenvalue weighted by molar-refractivity contribution is 5.72. The molecule has 0 bridgehead atoms. The van der Waals surface area contributed by atoms with Gasteiger partial charge in [0.1, 0.15) is 6.17 Å². The van der Waals surface area contributed by atoms with Crippen molar-refractivity contribution in [3.8, 4) is 0 Å². The van der Waals surface area contributed by atoms with E-state index in [9.17, 15) is 0 Å². The molecule has 0 aliphatic carbocycles. The largest absolute Gasteiger partial charge is 0.307 e. The molecule has 4 rings (SSSR count). The van der Waals surface area contributed by atoms with Gasteiger partial charge in [0.05, 0.1) is 23.7 Å². The maximum Gasteiger partial charge on any atom is 0.177 e. The molecule has 0 radical (unpaired) electrons. The topological polar surface area (TPSA) is 61.4 Å². The lowest BCUT2D eigenvalue weighted by Crippen LogP contribution is -2.16. The third kappa shape index (κ3) is 1.95. The Balaban J connectivity index is 1.91. The number of pyridine rings is 2. The summed E-state index contributed by atoms with van der Waals surface area (Å²) in [5.41, 5.74) is 3.61. The summed E-state index contributed by atoms with van der Waals surface area (Å²) in [5.74, 6) is 0. The highest BCUT2D eigenvalue weighted by Gasteiger charge is 2.18. The van der Waals surface area contributed by atoms with Crippen LogP contribution in [-0.2, 0) is 0 Å². The fourth-order valence-electron chi connectivity index (χ4n) is 2.88. The van der Waals surface area contributed by atoms with E-state index >= 15 is 0 Å². The van der Waals surface area contributed by atoms with Gasteiger partial charge < -0.3 is 9.13 Å². The Morgan fingerprint density at radius 2 is 1.41 bits per heavy atom. The smallest absolute Gasteiger partial charge is 0.177 e. The minimum atomic E-state index is 0.119. The zero-order valence-electron chi connectivity index (χ0n) is 12.3.